The summed E-state index contributed by atoms with van der Waals surface area (Å²) in [5.74, 6) is -0.672. The number of aryl methyl sites for hydroxylation is 3. The van der Waals surface area contributed by atoms with E-state index in [4.69, 9.17) is 21.1 Å². The van der Waals surface area contributed by atoms with Crippen LogP contribution in [0.15, 0.2) is 58.6 Å². The highest BCUT2D eigenvalue weighted by Gasteiger charge is 2.37. The molecule has 0 saturated carbocycles. The molecule has 1 heterocycles. The Morgan fingerprint density at radius 2 is 1.70 bits per heavy atom. The number of halogens is 2. The zero-order chi connectivity index (χ0) is 26.9. The van der Waals surface area contributed by atoms with Crippen LogP contribution in [0.2, 0.25) is 5.02 Å². The standard InChI is InChI=1S/C28H24BrClN2O5/c1-15-5-7-18(9-17(15)3)14-37-25-22(29)11-19(12-24(25)36-4)10-21-26(33)31-28(35)32(27(21)34)20-8-6-16(2)23(30)13-20/h5-13H,14H2,1-4H3,(H,31,33,35)/b21-10+. The molecule has 3 aromatic carbocycles. The van der Waals surface area contributed by atoms with Crippen molar-refractivity contribution in [2.24, 2.45) is 0 Å². The smallest absolute Gasteiger partial charge is 0.335 e. The number of nitrogens with zero attached hydrogens (tertiary/aromatic N) is 1. The quantitative estimate of drug-likeness (QED) is 0.273. The number of urea groups is 1. The molecule has 190 valence electrons. The van der Waals surface area contributed by atoms with E-state index in [0.717, 1.165) is 16.0 Å². The first-order valence-electron chi connectivity index (χ1n) is 11.3. The molecule has 4 amide bonds. The average Bonchev–Trinajstić information content (AvgIpc) is 2.85. The lowest BCUT2D eigenvalue weighted by atomic mass is 10.1. The van der Waals surface area contributed by atoms with Gasteiger partial charge in [-0.25, -0.2) is 9.69 Å². The van der Waals surface area contributed by atoms with Crippen LogP contribution in [0.1, 0.15) is 27.8 Å². The van der Waals surface area contributed by atoms with E-state index in [1.54, 1.807) is 31.2 Å². The summed E-state index contributed by atoms with van der Waals surface area (Å²) in [5, 5.41) is 2.61. The van der Waals surface area contributed by atoms with Gasteiger partial charge in [-0.2, -0.15) is 0 Å². The molecule has 1 saturated heterocycles. The summed E-state index contributed by atoms with van der Waals surface area (Å²) in [4.78, 5) is 39.2. The molecule has 0 radical (unpaired) electrons. The zero-order valence-corrected chi connectivity index (χ0v) is 23.0. The molecule has 3 aromatic rings. The van der Waals surface area contributed by atoms with Crippen molar-refractivity contribution in [2.75, 3.05) is 12.0 Å². The number of amides is 4. The maximum Gasteiger partial charge on any atom is 0.335 e. The van der Waals surface area contributed by atoms with Gasteiger partial charge in [-0.05, 0) is 94.9 Å². The van der Waals surface area contributed by atoms with E-state index in [-0.39, 0.29) is 11.3 Å². The Balaban J connectivity index is 1.64. The van der Waals surface area contributed by atoms with Crippen LogP contribution in [0.25, 0.3) is 6.08 Å². The fourth-order valence-corrected chi connectivity index (χ4v) is 4.54. The fraction of sp³-hybridized carbons (Fsp3) is 0.179. The number of imide groups is 2. The average molecular weight is 584 g/mol. The lowest BCUT2D eigenvalue weighted by Gasteiger charge is -2.26. The van der Waals surface area contributed by atoms with Gasteiger partial charge in [0.15, 0.2) is 11.5 Å². The number of hydrogen-bond acceptors (Lipinski definition) is 5. The molecule has 0 unspecified atom stereocenters. The molecular formula is C28H24BrClN2O5. The number of rotatable bonds is 6. The predicted molar refractivity (Wildman–Crippen MR) is 146 cm³/mol. The second-order valence-corrected chi connectivity index (χ2v) is 9.89. The number of nitrogens with one attached hydrogen (secondary N) is 1. The van der Waals surface area contributed by atoms with Gasteiger partial charge >= 0.3 is 6.03 Å². The third-order valence-corrected chi connectivity index (χ3v) is 7.03. The number of carbonyl (C=O) groups excluding carboxylic acids is 3. The summed E-state index contributed by atoms with van der Waals surface area (Å²) in [6.07, 6.45) is 1.40. The van der Waals surface area contributed by atoms with E-state index in [1.807, 2.05) is 19.1 Å². The van der Waals surface area contributed by atoms with Crippen LogP contribution < -0.4 is 19.7 Å². The Bertz CT molecular complexity index is 1470. The first-order valence-corrected chi connectivity index (χ1v) is 12.5. The minimum absolute atomic E-state index is 0.214. The van der Waals surface area contributed by atoms with Gasteiger partial charge in [0.2, 0.25) is 0 Å². The molecule has 1 aliphatic heterocycles. The zero-order valence-electron chi connectivity index (χ0n) is 20.6. The first kappa shape index (κ1) is 26.4. The number of hydrogen-bond donors (Lipinski definition) is 1. The normalized spacial score (nSPS) is 14.7. The molecule has 4 rings (SSSR count). The van der Waals surface area contributed by atoms with Crippen molar-refractivity contribution in [3.8, 4) is 11.5 Å². The van der Waals surface area contributed by atoms with Gasteiger partial charge in [0.25, 0.3) is 11.8 Å². The number of carbonyl (C=O) groups is 3. The number of anilines is 1. The first-order chi connectivity index (χ1) is 17.6. The van der Waals surface area contributed by atoms with Crippen LogP contribution in [-0.4, -0.2) is 25.0 Å². The molecule has 1 N–H and O–H groups in total. The van der Waals surface area contributed by atoms with E-state index in [1.165, 1.54) is 30.4 Å². The van der Waals surface area contributed by atoms with Crippen LogP contribution in [0.5, 0.6) is 11.5 Å². The van der Waals surface area contributed by atoms with E-state index >= 15 is 0 Å². The summed E-state index contributed by atoms with van der Waals surface area (Å²) >= 11 is 9.69. The molecule has 1 fully saturated rings. The van der Waals surface area contributed by atoms with Gasteiger partial charge in [0, 0.05) is 5.02 Å². The minimum atomic E-state index is -0.846. The van der Waals surface area contributed by atoms with Crippen molar-refractivity contribution in [1.82, 2.24) is 5.32 Å². The van der Waals surface area contributed by atoms with Gasteiger partial charge < -0.3 is 9.47 Å². The number of barbiturate groups is 1. The maximum atomic E-state index is 13.2. The van der Waals surface area contributed by atoms with Gasteiger partial charge in [-0.3, -0.25) is 14.9 Å². The van der Waals surface area contributed by atoms with Crippen LogP contribution in [0.3, 0.4) is 0 Å². The number of benzene rings is 3. The van der Waals surface area contributed by atoms with E-state index in [0.29, 0.717) is 33.2 Å². The van der Waals surface area contributed by atoms with Crippen molar-refractivity contribution in [3.05, 3.63) is 91.4 Å². The van der Waals surface area contributed by atoms with Crippen LogP contribution in [-0.2, 0) is 16.2 Å². The van der Waals surface area contributed by atoms with E-state index < -0.39 is 17.8 Å². The highest BCUT2D eigenvalue weighted by atomic mass is 79.9. The highest BCUT2D eigenvalue weighted by Crippen LogP contribution is 2.38. The summed E-state index contributed by atoms with van der Waals surface area (Å²) in [7, 11) is 1.50. The van der Waals surface area contributed by atoms with Gasteiger partial charge in [0.1, 0.15) is 12.2 Å². The summed E-state index contributed by atoms with van der Waals surface area (Å²) < 4.78 is 12.1. The molecule has 9 heteroatoms. The Labute approximate surface area is 228 Å². The Morgan fingerprint density at radius 3 is 2.38 bits per heavy atom. The number of ether oxygens (including phenoxy) is 2. The molecule has 0 atom stereocenters. The largest absolute Gasteiger partial charge is 0.493 e. The predicted octanol–water partition coefficient (Wildman–Crippen LogP) is 6.28. The summed E-state index contributed by atoms with van der Waals surface area (Å²) in [6, 6.07) is 13.4. The minimum Gasteiger partial charge on any atom is -0.493 e. The van der Waals surface area contributed by atoms with E-state index in [2.05, 4.69) is 34.2 Å². The molecule has 0 aliphatic carbocycles. The van der Waals surface area contributed by atoms with Crippen molar-refractivity contribution < 1.29 is 23.9 Å². The molecule has 1 aliphatic rings. The lowest BCUT2D eigenvalue weighted by molar-refractivity contribution is -0.122. The molecule has 37 heavy (non-hydrogen) atoms. The molecule has 0 aromatic heterocycles. The van der Waals surface area contributed by atoms with Crippen molar-refractivity contribution in [3.63, 3.8) is 0 Å². The molecule has 0 spiro atoms. The van der Waals surface area contributed by atoms with E-state index in [9.17, 15) is 14.4 Å². The van der Waals surface area contributed by atoms with Gasteiger partial charge in [-0.15, -0.1) is 0 Å². The second kappa shape index (κ2) is 10.8. The third-order valence-electron chi connectivity index (χ3n) is 6.03. The molecule has 0 bridgehead atoms. The van der Waals surface area contributed by atoms with Gasteiger partial charge in [0.05, 0.1) is 17.3 Å². The summed E-state index contributed by atoms with van der Waals surface area (Å²) in [5.41, 5.74) is 4.71. The van der Waals surface area contributed by atoms with Crippen molar-refractivity contribution in [2.45, 2.75) is 27.4 Å². The maximum absolute atomic E-state index is 13.2. The topological polar surface area (TPSA) is 84.9 Å². The van der Waals surface area contributed by atoms with Crippen molar-refractivity contribution in [1.29, 1.82) is 0 Å². The Kier molecular flexibility index (Phi) is 7.71. The molecule has 7 nitrogen and oxygen atoms in total. The third kappa shape index (κ3) is 5.55. The van der Waals surface area contributed by atoms with Crippen LogP contribution in [0.4, 0.5) is 10.5 Å². The Hall–Kier alpha value is -3.62. The SMILES string of the molecule is COc1cc(/C=C2\C(=O)NC(=O)N(c3ccc(C)c(Cl)c3)C2=O)cc(Br)c1OCc1ccc(C)c(C)c1. The lowest BCUT2D eigenvalue weighted by Crippen LogP contribution is -2.54. The van der Waals surface area contributed by atoms with Crippen LogP contribution in [0, 0.1) is 20.8 Å². The molecular weight excluding hydrogens is 560 g/mol. The fourth-order valence-electron chi connectivity index (χ4n) is 3.79. The van der Waals surface area contributed by atoms with Crippen LogP contribution >= 0.6 is 27.5 Å². The highest BCUT2D eigenvalue weighted by molar-refractivity contribution is 9.10. The Morgan fingerprint density at radius 1 is 0.973 bits per heavy atom. The van der Waals surface area contributed by atoms with Crippen molar-refractivity contribution >= 4 is 57.1 Å². The summed E-state index contributed by atoms with van der Waals surface area (Å²) in [6.45, 7) is 6.23. The monoisotopic (exact) mass is 582 g/mol. The second-order valence-electron chi connectivity index (χ2n) is 8.63. The van der Waals surface area contributed by atoms with Gasteiger partial charge in [-0.1, -0.05) is 35.9 Å². The number of methoxy groups -OCH3 is 1.